The summed E-state index contributed by atoms with van der Waals surface area (Å²) in [7, 11) is 0. The lowest BCUT2D eigenvalue weighted by molar-refractivity contribution is -0.138. The van der Waals surface area contributed by atoms with Crippen molar-refractivity contribution in [2.75, 3.05) is 49.1 Å². The third-order valence-corrected chi connectivity index (χ3v) is 6.31. The van der Waals surface area contributed by atoms with Crippen molar-refractivity contribution in [1.82, 2.24) is 15.1 Å². The predicted octanol–water partition coefficient (Wildman–Crippen LogP) is 3.62. The second-order valence-electron chi connectivity index (χ2n) is 8.66. The molecule has 6 nitrogen and oxygen atoms in total. The Hall–Kier alpha value is -2.84. The number of hydrogen-bond acceptors (Lipinski definition) is 5. The van der Waals surface area contributed by atoms with E-state index in [9.17, 15) is 18.0 Å². The van der Waals surface area contributed by atoms with Crippen molar-refractivity contribution in [2.45, 2.75) is 32.4 Å². The van der Waals surface area contributed by atoms with Crippen LogP contribution in [0.5, 0.6) is 0 Å². The van der Waals surface area contributed by atoms with Crippen LogP contribution in [0.1, 0.15) is 30.9 Å². The van der Waals surface area contributed by atoms with Crippen LogP contribution in [0.3, 0.4) is 0 Å². The summed E-state index contributed by atoms with van der Waals surface area (Å²) < 4.78 is 38.7. The zero-order valence-electron chi connectivity index (χ0n) is 18.2. The van der Waals surface area contributed by atoms with Gasteiger partial charge in [-0.15, -0.1) is 10.2 Å². The maximum absolute atomic E-state index is 12.9. The van der Waals surface area contributed by atoms with E-state index in [2.05, 4.69) is 26.9 Å². The Morgan fingerprint density at radius 3 is 2.09 bits per heavy atom. The molecule has 9 heteroatoms. The number of rotatable bonds is 4. The standard InChI is InChI=1S/C23H28F3N5O/c1-17-7-9-29(10-8-17)20-5-6-21(28-27-20)30-11-13-31(14-12-30)22(32)16-18-3-2-4-19(15-18)23(24,25)26/h2-6,15,17H,7-14,16H2,1H3. The van der Waals surface area contributed by atoms with Crippen molar-refractivity contribution in [1.29, 1.82) is 0 Å². The highest BCUT2D eigenvalue weighted by Crippen LogP contribution is 2.29. The molecule has 0 unspecified atom stereocenters. The molecule has 3 heterocycles. The number of benzene rings is 1. The molecule has 0 aliphatic carbocycles. The van der Waals surface area contributed by atoms with Gasteiger partial charge < -0.3 is 14.7 Å². The lowest BCUT2D eigenvalue weighted by Crippen LogP contribution is -2.49. The highest BCUT2D eigenvalue weighted by Gasteiger charge is 2.31. The smallest absolute Gasteiger partial charge is 0.355 e. The largest absolute Gasteiger partial charge is 0.416 e. The first-order chi connectivity index (χ1) is 15.3. The van der Waals surface area contributed by atoms with Crippen molar-refractivity contribution in [3.05, 3.63) is 47.5 Å². The SMILES string of the molecule is CC1CCN(c2ccc(N3CCN(C(=O)Cc4cccc(C(F)(F)F)c4)CC3)nn2)CC1. The number of amides is 1. The quantitative estimate of drug-likeness (QED) is 0.717. The van der Waals surface area contributed by atoms with E-state index in [1.807, 2.05) is 12.1 Å². The van der Waals surface area contributed by atoms with Gasteiger partial charge in [0.2, 0.25) is 5.91 Å². The topological polar surface area (TPSA) is 52.6 Å². The van der Waals surface area contributed by atoms with Crippen LogP contribution in [0.4, 0.5) is 24.8 Å². The second kappa shape index (κ2) is 9.34. The molecule has 2 fully saturated rings. The monoisotopic (exact) mass is 447 g/mol. The first kappa shape index (κ1) is 22.4. The maximum Gasteiger partial charge on any atom is 0.416 e. The van der Waals surface area contributed by atoms with Gasteiger partial charge in [0.05, 0.1) is 12.0 Å². The van der Waals surface area contributed by atoms with E-state index in [-0.39, 0.29) is 12.3 Å². The predicted molar refractivity (Wildman–Crippen MR) is 117 cm³/mol. The van der Waals surface area contributed by atoms with E-state index in [4.69, 9.17) is 0 Å². The molecule has 2 aliphatic rings. The zero-order chi connectivity index (χ0) is 22.7. The molecule has 4 rings (SSSR count). The van der Waals surface area contributed by atoms with Gasteiger partial charge >= 0.3 is 6.18 Å². The van der Waals surface area contributed by atoms with Gasteiger partial charge in [0.15, 0.2) is 11.6 Å². The molecule has 0 N–H and O–H groups in total. The van der Waals surface area contributed by atoms with Crippen LogP contribution < -0.4 is 9.80 Å². The zero-order valence-corrected chi connectivity index (χ0v) is 18.2. The van der Waals surface area contributed by atoms with Gasteiger partial charge in [-0.25, -0.2) is 0 Å². The first-order valence-electron chi connectivity index (χ1n) is 11.1. The molecule has 0 radical (unpaired) electrons. The Labute approximate surface area is 186 Å². The fourth-order valence-corrected chi connectivity index (χ4v) is 4.22. The van der Waals surface area contributed by atoms with Gasteiger partial charge in [-0.3, -0.25) is 4.79 Å². The summed E-state index contributed by atoms with van der Waals surface area (Å²) in [5.41, 5.74) is -0.352. The van der Waals surface area contributed by atoms with Gasteiger partial charge in [-0.05, 0) is 42.5 Å². The Morgan fingerprint density at radius 2 is 1.53 bits per heavy atom. The number of piperidine rings is 1. The number of carbonyl (C=O) groups excluding carboxylic acids is 1. The average molecular weight is 448 g/mol. The lowest BCUT2D eigenvalue weighted by atomic mass is 9.99. The minimum atomic E-state index is -4.41. The van der Waals surface area contributed by atoms with Gasteiger partial charge in [-0.2, -0.15) is 13.2 Å². The number of alkyl halides is 3. The maximum atomic E-state index is 12.9. The Balaban J connectivity index is 1.30. The van der Waals surface area contributed by atoms with E-state index in [1.165, 1.54) is 18.9 Å². The van der Waals surface area contributed by atoms with Crippen LogP contribution in [0.25, 0.3) is 0 Å². The van der Waals surface area contributed by atoms with E-state index in [1.54, 1.807) is 11.0 Å². The molecule has 1 aromatic heterocycles. The third-order valence-electron chi connectivity index (χ3n) is 6.31. The highest BCUT2D eigenvalue weighted by molar-refractivity contribution is 5.79. The summed E-state index contributed by atoms with van der Waals surface area (Å²) in [6.45, 7) is 6.52. The van der Waals surface area contributed by atoms with Gasteiger partial charge in [0, 0.05) is 39.3 Å². The van der Waals surface area contributed by atoms with E-state index in [0.29, 0.717) is 31.7 Å². The summed E-state index contributed by atoms with van der Waals surface area (Å²) in [6.07, 6.45) is -2.11. The summed E-state index contributed by atoms with van der Waals surface area (Å²) in [6, 6.07) is 8.95. The van der Waals surface area contributed by atoms with Crippen LogP contribution in [0, 0.1) is 5.92 Å². The molecular formula is C23H28F3N5O. The molecule has 0 bridgehead atoms. The molecule has 2 aromatic rings. The van der Waals surface area contributed by atoms with Gasteiger partial charge in [0.1, 0.15) is 0 Å². The average Bonchev–Trinajstić information content (AvgIpc) is 2.79. The number of piperazine rings is 1. The molecule has 1 aromatic carbocycles. The number of carbonyl (C=O) groups is 1. The Kier molecular flexibility index (Phi) is 6.53. The lowest BCUT2D eigenvalue weighted by Gasteiger charge is -2.35. The molecule has 0 saturated carbocycles. The molecule has 1 amide bonds. The molecule has 2 saturated heterocycles. The number of anilines is 2. The van der Waals surface area contributed by atoms with Crippen molar-refractivity contribution < 1.29 is 18.0 Å². The van der Waals surface area contributed by atoms with Crippen molar-refractivity contribution >= 4 is 17.5 Å². The van der Waals surface area contributed by atoms with Crippen molar-refractivity contribution in [2.24, 2.45) is 5.92 Å². The van der Waals surface area contributed by atoms with Crippen molar-refractivity contribution in [3.8, 4) is 0 Å². The van der Waals surface area contributed by atoms with Crippen LogP contribution in [-0.2, 0) is 17.4 Å². The van der Waals surface area contributed by atoms with Gasteiger partial charge in [-0.1, -0.05) is 25.1 Å². The molecule has 0 atom stereocenters. The van der Waals surface area contributed by atoms with Gasteiger partial charge in [0.25, 0.3) is 0 Å². The van der Waals surface area contributed by atoms with E-state index < -0.39 is 11.7 Å². The first-order valence-corrected chi connectivity index (χ1v) is 11.1. The van der Waals surface area contributed by atoms with E-state index in [0.717, 1.165) is 42.8 Å². The number of halogens is 3. The fourth-order valence-electron chi connectivity index (χ4n) is 4.22. The molecule has 2 aliphatic heterocycles. The van der Waals surface area contributed by atoms with Crippen LogP contribution >= 0.6 is 0 Å². The molecule has 0 spiro atoms. The summed E-state index contributed by atoms with van der Waals surface area (Å²) >= 11 is 0. The van der Waals surface area contributed by atoms with Crippen molar-refractivity contribution in [3.63, 3.8) is 0 Å². The number of nitrogens with zero attached hydrogens (tertiary/aromatic N) is 5. The Morgan fingerprint density at radius 1 is 0.938 bits per heavy atom. The third kappa shape index (κ3) is 5.31. The summed E-state index contributed by atoms with van der Waals surface area (Å²) in [5, 5.41) is 8.79. The molecule has 172 valence electrons. The van der Waals surface area contributed by atoms with E-state index >= 15 is 0 Å². The summed E-state index contributed by atoms with van der Waals surface area (Å²) in [5.74, 6) is 2.27. The Bertz CT molecular complexity index is 918. The fraction of sp³-hybridized carbons (Fsp3) is 0.522. The van der Waals surface area contributed by atoms with Crippen LogP contribution in [-0.4, -0.2) is 60.3 Å². The van der Waals surface area contributed by atoms with Crippen LogP contribution in [0.2, 0.25) is 0 Å². The van der Waals surface area contributed by atoms with Crippen LogP contribution in [0.15, 0.2) is 36.4 Å². The highest BCUT2D eigenvalue weighted by atomic mass is 19.4. The normalized spacial score (nSPS) is 18.2. The minimum Gasteiger partial charge on any atom is -0.355 e. The minimum absolute atomic E-state index is 0.0348. The molecule has 32 heavy (non-hydrogen) atoms. The molecular weight excluding hydrogens is 419 g/mol. The second-order valence-corrected chi connectivity index (χ2v) is 8.66. The number of aromatic nitrogens is 2. The number of hydrogen-bond donors (Lipinski definition) is 0. The summed E-state index contributed by atoms with van der Waals surface area (Å²) in [4.78, 5) is 18.7.